The number of nitrogen functional groups attached to an aromatic ring is 1. The van der Waals surface area contributed by atoms with Gasteiger partial charge in [0.25, 0.3) is 5.91 Å². The lowest BCUT2D eigenvalue weighted by molar-refractivity contribution is 0.0699. The summed E-state index contributed by atoms with van der Waals surface area (Å²) >= 11 is 0. The van der Waals surface area contributed by atoms with Crippen LogP contribution in [0.1, 0.15) is 67.2 Å². The largest absolute Gasteiger partial charge is 0.300 e. The highest BCUT2D eigenvalue weighted by molar-refractivity contribution is 5.93. The molecule has 8 nitrogen and oxygen atoms in total. The zero-order chi connectivity index (χ0) is 20.9. The Morgan fingerprint density at radius 1 is 1.31 bits per heavy atom. The number of carbonyl (C=O) groups is 1. The molecule has 1 saturated heterocycles. The number of amides is 1. The Kier molecular flexibility index (Phi) is 6.92. The number of halogens is 1. The third-order valence-corrected chi connectivity index (χ3v) is 5.88. The fraction of sp³-hybridized carbons (Fsp3) is 0.600. The van der Waals surface area contributed by atoms with Crippen molar-refractivity contribution in [2.75, 3.05) is 19.6 Å². The minimum Gasteiger partial charge on any atom is -0.300 e. The van der Waals surface area contributed by atoms with E-state index >= 15 is 0 Å². The summed E-state index contributed by atoms with van der Waals surface area (Å²) in [6.45, 7) is 6.61. The molecule has 158 valence electrons. The molecule has 1 fully saturated rings. The number of carbonyl (C=O) groups excluding carboxylic acids is 1. The normalized spacial score (nSPS) is 16.1. The fourth-order valence-electron chi connectivity index (χ4n) is 3.74. The lowest BCUT2D eigenvalue weighted by atomic mass is 9.92. The van der Waals surface area contributed by atoms with Crippen LogP contribution < -0.4 is 11.3 Å². The van der Waals surface area contributed by atoms with E-state index in [1.165, 1.54) is 6.20 Å². The Morgan fingerprint density at radius 2 is 2.03 bits per heavy atom. The van der Waals surface area contributed by atoms with Crippen LogP contribution in [0.5, 0.6) is 0 Å². The van der Waals surface area contributed by atoms with Crippen LogP contribution in [0.25, 0.3) is 0 Å². The van der Waals surface area contributed by atoms with Crippen molar-refractivity contribution in [2.24, 2.45) is 5.84 Å². The third-order valence-electron chi connectivity index (χ3n) is 5.88. The van der Waals surface area contributed by atoms with E-state index in [0.717, 1.165) is 37.3 Å². The summed E-state index contributed by atoms with van der Waals surface area (Å²) in [5.41, 5.74) is 3.16. The van der Waals surface area contributed by atoms with Crippen LogP contribution in [0.15, 0.2) is 24.5 Å². The highest BCUT2D eigenvalue weighted by atomic mass is 19.1. The van der Waals surface area contributed by atoms with Gasteiger partial charge in [0, 0.05) is 24.9 Å². The predicted molar refractivity (Wildman–Crippen MR) is 108 cm³/mol. The first-order valence-corrected chi connectivity index (χ1v) is 10.2. The third kappa shape index (κ3) is 5.36. The SMILES string of the molecule is CCC(F)(CC)CN1CCC(c2cn(Cc3ccc(C(=O)NN)cn3)nn2)CC1. The van der Waals surface area contributed by atoms with Crippen molar-refractivity contribution in [3.63, 3.8) is 0 Å². The fourth-order valence-corrected chi connectivity index (χ4v) is 3.74. The van der Waals surface area contributed by atoms with Crippen molar-refractivity contribution in [1.82, 2.24) is 30.3 Å². The standard InChI is InChI=1S/C20H30FN7O/c1-3-20(21,4-2)14-27-9-7-15(8-10-27)18-13-28(26-25-18)12-17-6-5-16(11-23-17)19(29)24-22/h5-6,11,13,15H,3-4,7-10,12,14,22H2,1-2H3,(H,24,29). The van der Waals surface area contributed by atoms with Crippen LogP contribution in [0, 0.1) is 0 Å². The monoisotopic (exact) mass is 403 g/mol. The van der Waals surface area contributed by atoms with Crippen molar-refractivity contribution in [3.05, 3.63) is 41.5 Å². The molecular weight excluding hydrogens is 373 g/mol. The summed E-state index contributed by atoms with van der Waals surface area (Å²) in [5, 5.41) is 8.56. The maximum absolute atomic E-state index is 14.7. The minimum absolute atomic E-state index is 0.348. The molecule has 0 spiro atoms. The van der Waals surface area contributed by atoms with Gasteiger partial charge >= 0.3 is 0 Å². The molecule has 3 rings (SSSR count). The predicted octanol–water partition coefficient (Wildman–Crippen LogP) is 2.03. The smallest absolute Gasteiger partial charge is 0.266 e. The molecular formula is C20H30FN7O. The first-order chi connectivity index (χ1) is 14.0. The number of nitrogens with two attached hydrogens (primary N) is 1. The summed E-state index contributed by atoms with van der Waals surface area (Å²) in [6.07, 6.45) is 6.49. The Morgan fingerprint density at radius 3 is 2.62 bits per heavy atom. The van der Waals surface area contributed by atoms with E-state index < -0.39 is 5.67 Å². The van der Waals surface area contributed by atoms with E-state index in [1.807, 2.05) is 20.0 Å². The number of nitrogens with zero attached hydrogens (tertiary/aromatic N) is 5. The Balaban J connectivity index is 1.54. The van der Waals surface area contributed by atoms with Gasteiger partial charge in [-0.3, -0.25) is 15.2 Å². The molecule has 0 saturated carbocycles. The second kappa shape index (κ2) is 9.41. The number of hydrazine groups is 1. The number of pyridine rings is 1. The second-order valence-corrected chi connectivity index (χ2v) is 7.76. The number of hydrogen-bond acceptors (Lipinski definition) is 6. The van der Waals surface area contributed by atoms with Crippen molar-refractivity contribution >= 4 is 5.91 Å². The number of piperidine rings is 1. The van der Waals surface area contributed by atoms with Crippen molar-refractivity contribution in [3.8, 4) is 0 Å². The van der Waals surface area contributed by atoms with Gasteiger partial charge in [0.15, 0.2) is 0 Å². The summed E-state index contributed by atoms with van der Waals surface area (Å²) < 4.78 is 16.4. The zero-order valence-corrected chi connectivity index (χ0v) is 17.1. The van der Waals surface area contributed by atoms with Crippen LogP contribution in [0.2, 0.25) is 0 Å². The number of likely N-dealkylation sites (tertiary alicyclic amines) is 1. The van der Waals surface area contributed by atoms with Gasteiger partial charge in [-0.2, -0.15) is 0 Å². The van der Waals surface area contributed by atoms with Crippen LogP contribution in [-0.2, 0) is 6.54 Å². The number of nitrogens with one attached hydrogen (secondary N) is 1. The molecule has 0 aliphatic carbocycles. The number of alkyl halides is 1. The van der Waals surface area contributed by atoms with Crippen LogP contribution in [-0.4, -0.2) is 56.1 Å². The molecule has 2 aromatic rings. The van der Waals surface area contributed by atoms with Crippen LogP contribution >= 0.6 is 0 Å². The molecule has 0 unspecified atom stereocenters. The van der Waals surface area contributed by atoms with E-state index in [0.29, 0.717) is 37.4 Å². The molecule has 2 aromatic heterocycles. The maximum atomic E-state index is 14.7. The maximum Gasteiger partial charge on any atom is 0.266 e. The van der Waals surface area contributed by atoms with E-state index in [9.17, 15) is 9.18 Å². The van der Waals surface area contributed by atoms with Gasteiger partial charge in [0.1, 0.15) is 5.67 Å². The molecule has 9 heteroatoms. The highest BCUT2D eigenvalue weighted by Crippen LogP contribution is 2.29. The van der Waals surface area contributed by atoms with Crippen LogP contribution in [0.3, 0.4) is 0 Å². The Bertz CT molecular complexity index is 795. The van der Waals surface area contributed by atoms with Gasteiger partial charge in [0.05, 0.1) is 23.5 Å². The van der Waals surface area contributed by atoms with Gasteiger partial charge < -0.3 is 4.90 Å². The summed E-state index contributed by atoms with van der Waals surface area (Å²) in [4.78, 5) is 18.0. The van der Waals surface area contributed by atoms with E-state index in [4.69, 9.17) is 5.84 Å². The van der Waals surface area contributed by atoms with Gasteiger partial charge in [0.2, 0.25) is 0 Å². The molecule has 3 N–H and O–H groups in total. The van der Waals surface area contributed by atoms with Crippen LogP contribution in [0.4, 0.5) is 4.39 Å². The average molecular weight is 404 g/mol. The minimum atomic E-state index is -1.08. The molecule has 3 heterocycles. The lowest BCUT2D eigenvalue weighted by Gasteiger charge is -2.35. The van der Waals surface area contributed by atoms with Gasteiger partial charge in [-0.1, -0.05) is 19.1 Å². The number of aromatic nitrogens is 4. The summed E-state index contributed by atoms with van der Waals surface area (Å²) in [5.74, 6) is 5.10. The molecule has 1 aliphatic heterocycles. The molecule has 0 radical (unpaired) electrons. The first kappa shape index (κ1) is 21.3. The van der Waals surface area contributed by atoms with E-state index in [1.54, 1.807) is 16.8 Å². The molecule has 29 heavy (non-hydrogen) atoms. The van der Waals surface area contributed by atoms with Crippen molar-refractivity contribution in [2.45, 2.75) is 57.7 Å². The number of hydrogen-bond donors (Lipinski definition) is 2. The van der Waals surface area contributed by atoms with Gasteiger partial charge in [-0.25, -0.2) is 14.9 Å². The van der Waals surface area contributed by atoms with E-state index in [-0.39, 0.29) is 5.91 Å². The molecule has 0 bridgehead atoms. The molecule has 0 aromatic carbocycles. The second-order valence-electron chi connectivity index (χ2n) is 7.76. The molecule has 0 atom stereocenters. The topological polar surface area (TPSA) is 102 Å². The zero-order valence-electron chi connectivity index (χ0n) is 17.1. The van der Waals surface area contributed by atoms with Crippen molar-refractivity contribution in [1.29, 1.82) is 0 Å². The highest BCUT2D eigenvalue weighted by Gasteiger charge is 2.31. The van der Waals surface area contributed by atoms with E-state index in [2.05, 4.69) is 25.6 Å². The van der Waals surface area contributed by atoms with Gasteiger partial charge in [-0.05, 0) is 50.9 Å². The average Bonchev–Trinajstić information content (AvgIpc) is 3.22. The number of rotatable bonds is 8. The Hall–Kier alpha value is -2.39. The summed E-state index contributed by atoms with van der Waals surface area (Å²) in [7, 11) is 0. The summed E-state index contributed by atoms with van der Waals surface area (Å²) in [6, 6.07) is 3.45. The lowest BCUT2D eigenvalue weighted by Crippen LogP contribution is -2.43. The van der Waals surface area contributed by atoms with Gasteiger partial charge in [-0.15, -0.1) is 5.10 Å². The first-order valence-electron chi connectivity index (χ1n) is 10.2. The molecule has 1 amide bonds. The quantitative estimate of drug-likeness (QED) is 0.397. The Labute approximate surface area is 170 Å². The van der Waals surface area contributed by atoms with Crippen molar-refractivity contribution < 1.29 is 9.18 Å². The molecule has 1 aliphatic rings.